The lowest BCUT2D eigenvalue weighted by Gasteiger charge is -2.14. The second-order valence-electron chi connectivity index (χ2n) is 4.98. The molecular formula is C12H21N3OS. The first-order chi connectivity index (χ1) is 7.93. The van der Waals surface area contributed by atoms with E-state index in [9.17, 15) is 4.79 Å². The molecule has 0 aliphatic heterocycles. The molecule has 1 amide bonds. The molecule has 0 saturated carbocycles. The molecule has 1 heterocycles. The third kappa shape index (κ3) is 4.83. The number of thiazole rings is 1. The molecule has 0 fully saturated rings. The SMILES string of the molecule is CNC(=O)CCNCc1nc(C(C)(C)C)cs1. The Morgan fingerprint density at radius 2 is 2.18 bits per heavy atom. The van der Waals surface area contributed by atoms with Gasteiger partial charge in [0.25, 0.3) is 0 Å². The van der Waals surface area contributed by atoms with Gasteiger partial charge in [-0.25, -0.2) is 4.98 Å². The van der Waals surface area contributed by atoms with Crippen molar-refractivity contribution < 1.29 is 4.79 Å². The Kier molecular flexibility index (Phi) is 5.08. The second-order valence-corrected chi connectivity index (χ2v) is 5.92. The summed E-state index contributed by atoms with van der Waals surface area (Å²) in [5, 5.41) is 9.00. The monoisotopic (exact) mass is 255 g/mol. The van der Waals surface area contributed by atoms with Crippen molar-refractivity contribution in [3.63, 3.8) is 0 Å². The summed E-state index contributed by atoms with van der Waals surface area (Å²) in [4.78, 5) is 15.6. The Balaban J connectivity index is 2.33. The van der Waals surface area contributed by atoms with Gasteiger partial charge in [0, 0.05) is 37.4 Å². The predicted molar refractivity (Wildman–Crippen MR) is 71.2 cm³/mol. The normalized spacial score (nSPS) is 11.5. The molecule has 0 unspecified atom stereocenters. The smallest absolute Gasteiger partial charge is 0.221 e. The topological polar surface area (TPSA) is 54.0 Å². The van der Waals surface area contributed by atoms with Crippen LogP contribution in [0, 0.1) is 0 Å². The van der Waals surface area contributed by atoms with E-state index in [1.165, 1.54) is 0 Å². The van der Waals surface area contributed by atoms with Crippen molar-refractivity contribution in [1.82, 2.24) is 15.6 Å². The van der Waals surface area contributed by atoms with E-state index < -0.39 is 0 Å². The van der Waals surface area contributed by atoms with Gasteiger partial charge >= 0.3 is 0 Å². The molecule has 2 N–H and O–H groups in total. The average molecular weight is 255 g/mol. The van der Waals surface area contributed by atoms with E-state index in [-0.39, 0.29) is 11.3 Å². The molecule has 0 spiro atoms. The van der Waals surface area contributed by atoms with Crippen molar-refractivity contribution in [2.24, 2.45) is 0 Å². The van der Waals surface area contributed by atoms with Gasteiger partial charge in [-0.1, -0.05) is 20.8 Å². The Morgan fingerprint density at radius 3 is 2.71 bits per heavy atom. The summed E-state index contributed by atoms with van der Waals surface area (Å²) >= 11 is 1.67. The van der Waals surface area contributed by atoms with E-state index >= 15 is 0 Å². The molecular weight excluding hydrogens is 234 g/mol. The number of rotatable bonds is 5. The van der Waals surface area contributed by atoms with Crippen LogP contribution in [0.15, 0.2) is 5.38 Å². The molecule has 17 heavy (non-hydrogen) atoms. The molecule has 0 aliphatic carbocycles. The molecule has 0 atom stereocenters. The second kappa shape index (κ2) is 6.12. The van der Waals surface area contributed by atoms with Crippen LogP contribution in [0.4, 0.5) is 0 Å². The van der Waals surface area contributed by atoms with Crippen LogP contribution in [0.2, 0.25) is 0 Å². The highest BCUT2D eigenvalue weighted by Gasteiger charge is 2.17. The van der Waals surface area contributed by atoms with Crippen LogP contribution in [-0.2, 0) is 16.8 Å². The van der Waals surface area contributed by atoms with Gasteiger partial charge in [0.05, 0.1) is 5.69 Å². The van der Waals surface area contributed by atoms with Crippen LogP contribution in [0.1, 0.15) is 37.9 Å². The van der Waals surface area contributed by atoms with Gasteiger partial charge in [-0.05, 0) is 0 Å². The first-order valence-electron chi connectivity index (χ1n) is 5.79. The van der Waals surface area contributed by atoms with Gasteiger partial charge < -0.3 is 10.6 Å². The molecule has 0 bridgehead atoms. The van der Waals surface area contributed by atoms with Gasteiger partial charge in [0.2, 0.25) is 5.91 Å². The maximum atomic E-state index is 11.0. The highest BCUT2D eigenvalue weighted by molar-refractivity contribution is 7.09. The van der Waals surface area contributed by atoms with Gasteiger partial charge in [0.1, 0.15) is 5.01 Å². The van der Waals surface area contributed by atoms with Gasteiger partial charge in [-0.15, -0.1) is 11.3 Å². The summed E-state index contributed by atoms with van der Waals surface area (Å²) in [6, 6.07) is 0. The van der Waals surface area contributed by atoms with Crippen LogP contribution in [0.5, 0.6) is 0 Å². The number of hydrogen-bond acceptors (Lipinski definition) is 4. The zero-order valence-corrected chi connectivity index (χ0v) is 11.8. The van der Waals surface area contributed by atoms with Crippen LogP contribution in [0.3, 0.4) is 0 Å². The van der Waals surface area contributed by atoms with Crippen molar-refractivity contribution in [2.45, 2.75) is 39.2 Å². The highest BCUT2D eigenvalue weighted by atomic mass is 32.1. The molecule has 0 saturated heterocycles. The number of hydrogen-bond donors (Lipinski definition) is 2. The summed E-state index contributed by atoms with van der Waals surface area (Å²) in [6.07, 6.45) is 0.508. The van der Waals surface area contributed by atoms with Crippen molar-refractivity contribution in [1.29, 1.82) is 0 Å². The third-order valence-electron chi connectivity index (χ3n) is 2.40. The van der Waals surface area contributed by atoms with E-state index in [2.05, 4.69) is 41.8 Å². The summed E-state index contributed by atoms with van der Waals surface area (Å²) in [6.45, 7) is 7.89. The first kappa shape index (κ1) is 14.1. The zero-order valence-electron chi connectivity index (χ0n) is 11.0. The zero-order chi connectivity index (χ0) is 12.9. The van der Waals surface area contributed by atoms with Crippen molar-refractivity contribution >= 4 is 17.2 Å². The van der Waals surface area contributed by atoms with Crippen LogP contribution in [0.25, 0.3) is 0 Å². The minimum absolute atomic E-state index is 0.0621. The molecule has 1 aromatic rings. The van der Waals surface area contributed by atoms with Crippen LogP contribution < -0.4 is 10.6 Å². The Morgan fingerprint density at radius 1 is 1.47 bits per heavy atom. The van der Waals surface area contributed by atoms with Crippen molar-refractivity contribution in [2.75, 3.05) is 13.6 Å². The number of amides is 1. The van der Waals surface area contributed by atoms with E-state index in [0.29, 0.717) is 13.0 Å². The molecule has 5 heteroatoms. The lowest BCUT2D eigenvalue weighted by molar-refractivity contribution is -0.120. The fourth-order valence-electron chi connectivity index (χ4n) is 1.26. The van der Waals surface area contributed by atoms with Crippen molar-refractivity contribution in [3.8, 4) is 0 Å². The van der Waals surface area contributed by atoms with Gasteiger partial charge in [0.15, 0.2) is 0 Å². The molecule has 96 valence electrons. The number of carbonyl (C=O) groups is 1. The predicted octanol–water partition coefficient (Wildman–Crippen LogP) is 1.67. The summed E-state index contributed by atoms with van der Waals surface area (Å²) in [5.41, 5.74) is 1.24. The Labute approximate surface area is 107 Å². The van der Waals surface area contributed by atoms with Crippen molar-refractivity contribution in [3.05, 3.63) is 16.1 Å². The molecule has 1 rings (SSSR count). The Hall–Kier alpha value is -0.940. The van der Waals surface area contributed by atoms with Gasteiger partial charge in [-0.2, -0.15) is 0 Å². The lowest BCUT2D eigenvalue weighted by atomic mass is 9.93. The minimum atomic E-state index is 0.0621. The molecule has 4 nitrogen and oxygen atoms in total. The van der Waals surface area contributed by atoms with Crippen LogP contribution >= 0.6 is 11.3 Å². The van der Waals surface area contributed by atoms with E-state index in [4.69, 9.17) is 0 Å². The lowest BCUT2D eigenvalue weighted by Crippen LogP contribution is -2.24. The van der Waals surface area contributed by atoms with E-state index in [1.54, 1.807) is 18.4 Å². The summed E-state index contributed by atoms with van der Waals surface area (Å²) in [5.74, 6) is 0.0621. The summed E-state index contributed by atoms with van der Waals surface area (Å²) < 4.78 is 0. The number of carbonyl (C=O) groups excluding carboxylic acids is 1. The molecule has 0 aliphatic rings. The number of aromatic nitrogens is 1. The fourth-order valence-corrected chi connectivity index (χ4v) is 2.25. The average Bonchev–Trinajstić information content (AvgIpc) is 2.72. The molecule has 0 radical (unpaired) electrons. The Bertz CT molecular complexity index is 368. The van der Waals surface area contributed by atoms with E-state index in [0.717, 1.165) is 17.2 Å². The molecule has 1 aromatic heterocycles. The quantitative estimate of drug-likeness (QED) is 0.787. The number of nitrogens with zero attached hydrogens (tertiary/aromatic N) is 1. The highest BCUT2D eigenvalue weighted by Crippen LogP contribution is 2.23. The standard InChI is InChI=1S/C12H21N3OS/c1-12(2,3)9-8-17-11(15-9)7-14-6-5-10(16)13-4/h8,14H,5-7H2,1-4H3,(H,13,16). The maximum absolute atomic E-state index is 11.0. The van der Waals surface area contributed by atoms with E-state index in [1.807, 2.05) is 0 Å². The maximum Gasteiger partial charge on any atom is 0.221 e. The minimum Gasteiger partial charge on any atom is -0.359 e. The fraction of sp³-hybridized carbons (Fsp3) is 0.667. The third-order valence-corrected chi connectivity index (χ3v) is 3.25. The van der Waals surface area contributed by atoms with Gasteiger partial charge in [-0.3, -0.25) is 4.79 Å². The largest absolute Gasteiger partial charge is 0.359 e. The summed E-state index contributed by atoms with van der Waals surface area (Å²) in [7, 11) is 1.65. The molecule has 0 aromatic carbocycles. The van der Waals surface area contributed by atoms with Crippen LogP contribution in [-0.4, -0.2) is 24.5 Å². The first-order valence-corrected chi connectivity index (χ1v) is 6.67. The number of nitrogens with one attached hydrogen (secondary N) is 2.